The molecule has 1 atom stereocenters. The summed E-state index contributed by atoms with van der Waals surface area (Å²) in [4.78, 5) is 12.1. The lowest BCUT2D eigenvalue weighted by atomic mass is 10.2. The summed E-state index contributed by atoms with van der Waals surface area (Å²) in [7, 11) is 3.10. The molecule has 0 unspecified atom stereocenters. The zero-order chi connectivity index (χ0) is 16.1. The average Bonchev–Trinajstić information content (AvgIpc) is 2.94. The van der Waals surface area contributed by atoms with Gasteiger partial charge >= 0.3 is 6.03 Å². The van der Waals surface area contributed by atoms with Crippen molar-refractivity contribution in [3.05, 3.63) is 41.9 Å². The predicted octanol–water partition coefficient (Wildman–Crippen LogP) is 3.49. The number of benzene rings is 1. The minimum atomic E-state index is -0.343. The first-order valence-electron chi connectivity index (χ1n) is 6.89. The molecule has 2 rings (SSSR count). The van der Waals surface area contributed by atoms with E-state index < -0.39 is 0 Å². The van der Waals surface area contributed by atoms with Gasteiger partial charge in [0.1, 0.15) is 23.0 Å². The fourth-order valence-corrected chi connectivity index (χ4v) is 2.01. The summed E-state index contributed by atoms with van der Waals surface area (Å²) in [6.07, 6.45) is 0. The van der Waals surface area contributed by atoms with Crippen molar-refractivity contribution < 1.29 is 18.7 Å². The lowest BCUT2D eigenvalue weighted by molar-refractivity contribution is 0.247. The second-order valence-electron chi connectivity index (χ2n) is 4.83. The van der Waals surface area contributed by atoms with Gasteiger partial charge in [0.05, 0.1) is 25.9 Å². The minimum Gasteiger partial charge on any atom is -0.497 e. The fourth-order valence-electron chi connectivity index (χ4n) is 2.01. The Hall–Kier alpha value is -2.63. The van der Waals surface area contributed by atoms with Crippen LogP contribution in [0.25, 0.3) is 0 Å². The molecule has 0 aliphatic heterocycles. The van der Waals surface area contributed by atoms with Crippen molar-refractivity contribution in [2.24, 2.45) is 0 Å². The molecule has 0 saturated heterocycles. The van der Waals surface area contributed by atoms with Crippen LogP contribution >= 0.6 is 0 Å². The molecule has 0 saturated carbocycles. The number of amides is 2. The highest BCUT2D eigenvalue weighted by molar-refractivity contribution is 5.91. The van der Waals surface area contributed by atoms with Crippen molar-refractivity contribution in [1.82, 2.24) is 5.32 Å². The van der Waals surface area contributed by atoms with Crippen LogP contribution in [0.15, 0.2) is 34.7 Å². The number of aryl methyl sites for hydroxylation is 1. The van der Waals surface area contributed by atoms with E-state index in [-0.39, 0.29) is 12.1 Å². The number of urea groups is 1. The van der Waals surface area contributed by atoms with Gasteiger partial charge in [-0.1, -0.05) is 0 Å². The van der Waals surface area contributed by atoms with Crippen LogP contribution in [0.3, 0.4) is 0 Å². The minimum absolute atomic E-state index is 0.238. The third kappa shape index (κ3) is 3.72. The molecular weight excluding hydrogens is 284 g/mol. The zero-order valence-corrected chi connectivity index (χ0v) is 13.1. The highest BCUT2D eigenvalue weighted by Gasteiger charge is 2.14. The maximum atomic E-state index is 12.1. The maximum absolute atomic E-state index is 12.1. The van der Waals surface area contributed by atoms with Crippen molar-refractivity contribution in [2.45, 2.75) is 19.9 Å². The van der Waals surface area contributed by atoms with E-state index in [0.717, 1.165) is 5.76 Å². The van der Waals surface area contributed by atoms with E-state index in [2.05, 4.69) is 10.6 Å². The first kappa shape index (κ1) is 15.8. The third-order valence-electron chi connectivity index (χ3n) is 3.19. The van der Waals surface area contributed by atoms with Gasteiger partial charge in [-0.05, 0) is 38.1 Å². The third-order valence-corrected chi connectivity index (χ3v) is 3.19. The molecule has 118 valence electrons. The number of nitrogens with one attached hydrogen (secondary N) is 2. The SMILES string of the molecule is COc1ccc(NC(=O)N[C@H](C)c2ccc(C)o2)c(OC)c1. The Kier molecular flexibility index (Phi) is 4.93. The van der Waals surface area contributed by atoms with E-state index in [9.17, 15) is 4.79 Å². The van der Waals surface area contributed by atoms with Crippen molar-refractivity contribution >= 4 is 11.7 Å². The van der Waals surface area contributed by atoms with Gasteiger partial charge in [0.15, 0.2) is 0 Å². The second kappa shape index (κ2) is 6.89. The molecule has 2 N–H and O–H groups in total. The van der Waals surface area contributed by atoms with E-state index >= 15 is 0 Å². The number of rotatable bonds is 5. The number of carbonyl (C=O) groups is 1. The quantitative estimate of drug-likeness (QED) is 0.887. The maximum Gasteiger partial charge on any atom is 0.319 e. The summed E-state index contributed by atoms with van der Waals surface area (Å²) in [6.45, 7) is 3.71. The molecule has 1 aromatic carbocycles. The highest BCUT2D eigenvalue weighted by Crippen LogP contribution is 2.29. The summed E-state index contributed by atoms with van der Waals surface area (Å²) in [6, 6.07) is 8.29. The van der Waals surface area contributed by atoms with Crippen molar-refractivity contribution in [3.63, 3.8) is 0 Å². The van der Waals surface area contributed by atoms with E-state index in [1.165, 1.54) is 7.11 Å². The predicted molar refractivity (Wildman–Crippen MR) is 83.6 cm³/mol. The van der Waals surface area contributed by atoms with Crippen LogP contribution in [0.1, 0.15) is 24.5 Å². The second-order valence-corrected chi connectivity index (χ2v) is 4.83. The first-order chi connectivity index (χ1) is 10.5. The number of hydrogen-bond donors (Lipinski definition) is 2. The molecule has 0 aliphatic carbocycles. The largest absolute Gasteiger partial charge is 0.497 e. The molecule has 1 heterocycles. The van der Waals surface area contributed by atoms with E-state index in [1.54, 1.807) is 25.3 Å². The summed E-state index contributed by atoms with van der Waals surface area (Å²) in [5, 5.41) is 5.56. The van der Waals surface area contributed by atoms with Crippen LogP contribution in [-0.2, 0) is 0 Å². The molecule has 0 spiro atoms. The number of ether oxygens (including phenoxy) is 2. The summed E-state index contributed by atoms with van der Waals surface area (Å²) < 4.78 is 15.8. The summed E-state index contributed by atoms with van der Waals surface area (Å²) in [5.74, 6) is 2.69. The molecule has 0 radical (unpaired) electrons. The molecule has 6 nitrogen and oxygen atoms in total. The normalized spacial score (nSPS) is 11.6. The number of anilines is 1. The Morgan fingerprint density at radius 3 is 2.55 bits per heavy atom. The Morgan fingerprint density at radius 2 is 1.95 bits per heavy atom. The van der Waals surface area contributed by atoms with Gasteiger partial charge in [-0.25, -0.2) is 4.79 Å². The molecule has 0 bridgehead atoms. The van der Waals surface area contributed by atoms with Gasteiger partial charge in [-0.15, -0.1) is 0 Å². The zero-order valence-electron chi connectivity index (χ0n) is 13.1. The molecule has 0 aliphatic rings. The molecular formula is C16H20N2O4. The number of furan rings is 1. The highest BCUT2D eigenvalue weighted by atomic mass is 16.5. The molecule has 6 heteroatoms. The monoisotopic (exact) mass is 304 g/mol. The van der Waals surface area contributed by atoms with Crippen LogP contribution in [-0.4, -0.2) is 20.3 Å². The molecule has 22 heavy (non-hydrogen) atoms. The molecule has 0 fully saturated rings. The Bertz CT molecular complexity index is 651. The lowest BCUT2D eigenvalue weighted by Crippen LogP contribution is -2.31. The van der Waals surface area contributed by atoms with Crippen LogP contribution < -0.4 is 20.1 Å². The van der Waals surface area contributed by atoms with Gasteiger partial charge in [0.2, 0.25) is 0 Å². The lowest BCUT2D eigenvalue weighted by Gasteiger charge is -2.15. The topological polar surface area (TPSA) is 72.7 Å². The average molecular weight is 304 g/mol. The van der Waals surface area contributed by atoms with Gasteiger partial charge in [-0.3, -0.25) is 0 Å². The van der Waals surface area contributed by atoms with Crippen molar-refractivity contribution in [3.8, 4) is 11.5 Å². The number of hydrogen-bond acceptors (Lipinski definition) is 4. The fraction of sp³-hybridized carbons (Fsp3) is 0.312. The van der Waals surface area contributed by atoms with Crippen LogP contribution in [0, 0.1) is 6.92 Å². The Morgan fingerprint density at radius 1 is 1.18 bits per heavy atom. The van der Waals surface area contributed by atoms with Crippen LogP contribution in [0.5, 0.6) is 11.5 Å². The molecule has 2 aromatic rings. The molecule has 2 amide bonds. The first-order valence-corrected chi connectivity index (χ1v) is 6.89. The van der Waals surface area contributed by atoms with Crippen LogP contribution in [0.2, 0.25) is 0 Å². The van der Waals surface area contributed by atoms with Crippen molar-refractivity contribution in [1.29, 1.82) is 0 Å². The molecule has 1 aromatic heterocycles. The Balaban J connectivity index is 2.02. The van der Waals surface area contributed by atoms with Gasteiger partial charge in [0, 0.05) is 6.07 Å². The number of methoxy groups -OCH3 is 2. The van der Waals surface area contributed by atoms with E-state index in [4.69, 9.17) is 13.9 Å². The summed E-state index contributed by atoms with van der Waals surface area (Å²) >= 11 is 0. The van der Waals surface area contributed by atoms with Crippen molar-refractivity contribution in [2.75, 3.05) is 19.5 Å². The van der Waals surface area contributed by atoms with E-state index in [1.807, 2.05) is 26.0 Å². The summed E-state index contributed by atoms with van der Waals surface area (Å²) in [5.41, 5.74) is 0.559. The Labute approximate surface area is 129 Å². The van der Waals surface area contributed by atoms with Gasteiger partial charge in [-0.2, -0.15) is 0 Å². The van der Waals surface area contributed by atoms with Gasteiger partial charge in [0.25, 0.3) is 0 Å². The van der Waals surface area contributed by atoms with Crippen LogP contribution in [0.4, 0.5) is 10.5 Å². The van der Waals surface area contributed by atoms with Gasteiger partial charge < -0.3 is 24.5 Å². The smallest absolute Gasteiger partial charge is 0.319 e. The van der Waals surface area contributed by atoms with E-state index in [0.29, 0.717) is 22.9 Å². The standard InChI is InChI=1S/C16H20N2O4/c1-10-5-8-14(22-10)11(2)17-16(19)18-13-7-6-12(20-3)9-15(13)21-4/h5-9,11H,1-4H3,(H2,17,18,19)/t11-/m1/s1. The number of carbonyl (C=O) groups excluding carboxylic acids is 1.